The Morgan fingerprint density at radius 3 is 2.70 bits per heavy atom. The van der Waals surface area contributed by atoms with Crippen molar-refractivity contribution in [3.05, 3.63) is 93.5 Å². The van der Waals surface area contributed by atoms with Gasteiger partial charge in [-0.2, -0.15) is 0 Å². The minimum Gasteiger partial charge on any atom is -0.350 e. The van der Waals surface area contributed by atoms with Gasteiger partial charge in [0, 0.05) is 31.5 Å². The normalized spacial score (nSPS) is 17.6. The molecule has 27 heavy (non-hydrogen) atoms. The van der Waals surface area contributed by atoms with Crippen LogP contribution in [0.4, 0.5) is 4.39 Å². The Morgan fingerprint density at radius 1 is 1.07 bits per heavy atom. The zero-order valence-corrected chi connectivity index (χ0v) is 16.5. The molecule has 0 spiro atoms. The van der Waals surface area contributed by atoms with E-state index in [1.165, 1.54) is 28.5 Å². The lowest BCUT2D eigenvalue weighted by Gasteiger charge is -2.32. The fourth-order valence-corrected chi connectivity index (χ4v) is 4.37. The highest BCUT2D eigenvalue weighted by Gasteiger charge is 2.28. The fraction of sp³-hybridized carbons (Fsp3) is 0.304. The van der Waals surface area contributed by atoms with Gasteiger partial charge in [-0.1, -0.05) is 41.4 Å². The van der Waals surface area contributed by atoms with Crippen molar-refractivity contribution in [3.63, 3.8) is 0 Å². The fourth-order valence-electron chi connectivity index (χ4n) is 4.17. The Hall–Kier alpha value is -2.10. The third-order valence-electron chi connectivity index (χ3n) is 5.44. The molecule has 2 nitrogen and oxygen atoms in total. The molecule has 140 valence electrons. The van der Waals surface area contributed by atoms with Gasteiger partial charge in [-0.3, -0.25) is 4.90 Å². The molecule has 2 heterocycles. The molecule has 2 aromatic carbocycles. The molecule has 1 atom stereocenters. The minimum absolute atomic E-state index is 0.173. The maximum Gasteiger partial charge on any atom is 0.141 e. The summed E-state index contributed by atoms with van der Waals surface area (Å²) in [5.41, 5.74) is 6.26. The lowest BCUT2D eigenvalue weighted by Crippen LogP contribution is -2.30. The predicted molar refractivity (Wildman–Crippen MR) is 109 cm³/mol. The van der Waals surface area contributed by atoms with E-state index in [9.17, 15) is 4.39 Å². The van der Waals surface area contributed by atoms with Gasteiger partial charge in [0.05, 0.1) is 11.1 Å². The van der Waals surface area contributed by atoms with E-state index >= 15 is 0 Å². The maximum atomic E-state index is 13.6. The topological polar surface area (TPSA) is 8.17 Å². The Bertz CT molecular complexity index is 963. The molecular formula is C23H24ClFN2. The predicted octanol–water partition coefficient (Wildman–Crippen LogP) is 5.89. The van der Waals surface area contributed by atoms with E-state index < -0.39 is 0 Å². The van der Waals surface area contributed by atoms with Crippen molar-refractivity contribution < 1.29 is 4.39 Å². The first-order chi connectivity index (χ1) is 13.0. The van der Waals surface area contributed by atoms with Crippen molar-refractivity contribution in [1.29, 1.82) is 0 Å². The maximum absolute atomic E-state index is 13.6. The van der Waals surface area contributed by atoms with E-state index in [0.717, 1.165) is 31.6 Å². The van der Waals surface area contributed by atoms with Crippen molar-refractivity contribution in [2.75, 3.05) is 6.54 Å². The molecular weight excluding hydrogens is 359 g/mol. The first-order valence-corrected chi connectivity index (χ1v) is 9.81. The minimum atomic E-state index is -0.365. The Kier molecular flexibility index (Phi) is 5.07. The molecule has 0 bridgehead atoms. The lowest BCUT2D eigenvalue weighted by atomic mass is 9.95. The van der Waals surface area contributed by atoms with Crippen LogP contribution in [0.5, 0.6) is 0 Å². The van der Waals surface area contributed by atoms with Crippen LogP contribution in [-0.2, 0) is 13.1 Å². The standard InChI is InChI=1S/C23H24ClFN2/c1-16-6-8-19(17(2)13-16)23-22-5-3-10-26(22)11-4-12-27(23)15-18-7-9-21(25)20(24)14-18/h3,5-10,13-14,23H,4,11-12,15H2,1-2H3. The molecule has 0 aliphatic carbocycles. The first kappa shape index (κ1) is 18.3. The van der Waals surface area contributed by atoms with E-state index in [1.54, 1.807) is 6.07 Å². The van der Waals surface area contributed by atoms with Crippen molar-refractivity contribution in [3.8, 4) is 0 Å². The summed E-state index contributed by atoms with van der Waals surface area (Å²) >= 11 is 6.03. The van der Waals surface area contributed by atoms with Gasteiger partial charge in [0.2, 0.25) is 0 Å². The quantitative estimate of drug-likeness (QED) is 0.548. The average Bonchev–Trinajstić information content (AvgIpc) is 3.01. The van der Waals surface area contributed by atoms with E-state index in [-0.39, 0.29) is 16.9 Å². The third kappa shape index (κ3) is 3.67. The van der Waals surface area contributed by atoms with Crippen molar-refractivity contribution in [2.45, 2.75) is 39.4 Å². The number of aryl methyl sites for hydroxylation is 3. The molecule has 0 amide bonds. The van der Waals surface area contributed by atoms with Gasteiger partial charge in [-0.15, -0.1) is 0 Å². The van der Waals surface area contributed by atoms with Crippen LogP contribution in [0.1, 0.15) is 40.4 Å². The van der Waals surface area contributed by atoms with Gasteiger partial charge in [-0.05, 0) is 61.2 Å². The molecule has 0 N–H and O–H groups in total. The van der Waals surface area contributed by atoms with E-state index in [0.29, 0.717) is 0 Å². The number of fused-ring (bicyclic) bond motifs is 1. The second-order valence-corrected chi connectivity index (χ2v) is 7.87. The summed E-state index contributed by atoms with van der Waals surface area (Å²) in [6.45, 7) is 7.06. The molecule has 1 aromatic heterocycles. The number of aromatic nitrogens is 1. The van der Waals surface area contributed by atoms with E-state index in [1.807, 2.05) is 6.07 Å². The second kappa shape index (κ2) is 7.49. The number of hydrogen-bond acceptors (Lipinski definition) is 1. The van der Waals surface area contributed by atoms with Crippen LogP contribution in [0, 0.1) is 19.7 Å². The van der Waals surface area contributed by atoms with Gasteiger partial charge < -0.3 is 4.57 Å². The zero-order chi connectivity index (χ0) is 19.0. The molecule has 4 heteroatoms. The summed E-state index contributed by atoms with van der Waals surface area (Å²) in [6, 6.07) is 16.3. The summed E-state index contributed by atoms with van der Waals surface area (Å²) < 4.78 is 15.9. The molecule has 1 unspecified atom stereocenters. The largest absolute Gasteiger partial charge is 0.350 e. The number of halogens is 2. The molecule has 0 saturated carbocycles. The van der Waals surface area contributed by atoms with Gasteiger partial charge in [0.25, 0.3) is 0 Å². The summed E-state index contributed by atoms with van der Waals surface area (Å²) in [6.07, 6.45) is 3.25. The molecule has 4 rings (SSSR count). The number of hydrogen-bond donors (Lipinski definition) is 0. The SMILES string of the molecule is Cc1ccc(C2c3cccn3CCCN2Cc2ccc(F)c(Cl)c2)c(C)c1. The van der Waals surface area contributed by atoms with Gasteiger partial charge in [0.15, 0.2) is 0 Å². The third-order valence-corrected chi connectivity index (χ3v) is 5.73. The molecule has 1 aliphatic heterocycles. The van der Waals surface area contributed by atoms with Crippen LogP contribution in [0.25, 0.3) is 0 Å². The van der Waals surface area contributed by atoms with Crippen molar-refractivity contribution in [1.82, 2.24) is 9.47 Å². The Labute approximate surface area is 165 Å². The summed E-state index contributed by atoms with van der Waals surface area (Å²) in [7, 11) is 0. The molecule has 0 saturated heterocycles. The molecule has 0 radical (unpaired) electrons. The van der Waals surface area contributed by atoms with Crippen LogP contribution in [0.15, 0.2) is 54.7 Å². The van der Waals surface area contributed by atoms with Crippen LogP contribution < -0.4 is 0 Å². The van der Waals surface area contributed by atoms with Crippen LogP contribution >= 0.6 is 11.6 Å². The Morgan fingerprint density at radius 2 is 1.93 bits per heavy atom. The van der Waals surface area contributed by atoms with Gasteiger partial charge in [-0.25, -0.2) is 4.39 Å². The molecule has 0 fully saturated rings. The summed E-state index contributed by atoms with van der Waals surface area (Å²) in [4.78, 5) is 2.49. The average molecular weight is 383 g/mol. The highest BCUT2D eigenvalue weighted by molar-refractivity contribution is 6.30. The first-order valence-electron chi connectivity index (χ1n) is 9.43. The summed E-state index contributed by atoms with van der Waals surface area (Å²) in [5.74, 6) is -0.365. The van der Waals surface area contributed by atoms with Gasteiger partial charge in [0.1, 0.15) is 5.82 Å². The van der Waals surface area contributed by atoms with Crippen LogP contribution in [-0.4, -0.2) is 16.0 Å². The highest BCUT2D eigenvalue weighted by Crippen LogP contribution is 2.35. The molecule has 1 aliphatic rings. The monoisotopic (exact) mass is 382 g/mol. The van der Waals surface area contributed by atoms with E-state index in [4.69, 9.17) is 11.6 Å². The smallest absolute Gasteiger partial charge is 0.141 e. The van der Waals surface area contributed by atoms with Crippen molar-refractivity contribution >= 4 is 11.6 Å². The second-order valence-electron chi connectivity index (χ2n) is 7.46. The van der Waals surface area contributed by atoms with Crippen LogP contribution in [0.3, 0.4) is 0 Å². The zero-order valence-electron chi connectivity index (χ0n) is 15.8. The molecule has 3 aromatic rings. The highest BCUT2D eigenvalue weighted by atomic mass is 35.5. The Balaban J connectivity index is 1.77. The number of rotatable bonds is 3. The number of benzene rings is 2. The van der Waals surface area contributed by atoms with Crippen molar-refractivity contribution in [2.24, 2.45) is 0 Å². The van der Waals surface area contributed by atoms with Gasteiger partial charge >= 0.3 is 0 Å². The van der Waals surface area contributed by atoms with E-state index in [2.05, 4.69) is 59.8 Å². The lowest BCUT2D eigenvalue weighted by molar-refractivity contribution is 0.220. The summed E-state index contributed by atoms with van der Waals surface area (Å²) in [5, 5.41) is 0.189. The van der Waals surface area contributed by atoms with Crippen LogP contribution in [0.2, 0.25) is 5.02 Å². The number of nitrogens with zero attached hydrogens (tertiary/aromatic N) is 2.